The molecule has 0 amide bonds. The van der Waals surface area contributed by atoms with Crippen LogP contribution in [0.5, 0.6) is 0 Å². The van der Waals surface area contributed by atoms with Crippen LogP contribution >= 0.6 is 7.82 Å². The number of carbonyl (C=O) groups is 2. The first kappa shape index (κ1) is 66.0. The second-order valence-corrected chi connectivity index (χ2v) is 22.8. The number of carbonyl (C=O) groups excluding carboxylic acids is 2. The molecule has 2 unspecified atom stereocenters. The molecule has 0 rings (SSSR count). The smallest absolute Gasteiger partial charge is 0.306 e. The summed E-state index contributed by atoms with van der Waals surface area (Å²) in [5, 5.41) is 0. The number of rotatable bonds is 55. The lowest BCUT2D eigenvalue weighted by Crippen LogP contribution is -2.37. The molecule has 0 radical (unpaired) electrons. The molecule has 0 aliphatic heterocycles. The average Bonchev–Trinajstić information content (AvgIpc) is 3.29. The molecular formula is C57H114NO8P. The molecule has 0 aromatic carbocycles. The molecule has 10 heteroatoms. The number of quaternary nitrogens is 1. The van der Waals surface area contributed by atoms with Crippen molar-refractivity contribution in [2.45, 2.75) is 309 Å². The number of hydrogen-bond acceptors (Lipinski definition) is 8. The molecule has 0 aromatic rings. The summed E-state index contributed by atoms with van der Waals surface area (Å²) in [6, 6.07) is 0. The molecule has 0 fully saturated rings. The molecular weight excluding hydrogens is 858 g/mol. The Hall–Kier alpha value is -0.990. The van der Waals surface area contributed by atoms with E-state index in [0.717, 1.165) is 32.1 Å². The average molecular weight is 973 g/mol. The molecule has 9 nitrogen and oxygen atoms in total. The molecule has 0 spiro atoms. The van der Waals surface area contributed by atoms with Crippen molar-refractivity contribution in [2.24, 2.45) is 0 Å². The van der Waals surface area contributed by atoms with Crippen LogP contribution in [0.3, 0.4) is 0 Å². The Balaban J connectivity index is 3.95. The van der Waals surface area contributed by atoms with Gasteiger partial charge >= 0.3 is 11.9 Å². The summed E-state index contributed by atoms with van der Waals surface area (Å²) in [7, 11) is 1.19. The zero-order valence-electron chi connectivity index (χ0n) is 45.4. The van der Waals surface area contributed by atoms with E-state index in [1.165, 1.54) is 238 Å². The van der Waals surface area contributed by atoms with Gasteiger partial charge in [0, 0.05) is 12.8 Å². The van der Waals surface area contributed by atoms with Gasteiger partial charge in [0.15, 0.2) is 6.10 Å². The Kier molecular flexibility index (Phi) is 49.2. The Morgan fingerprint density at radius 3 is 0.955 bits per heavy atom. The maximum absolute atomic E-state index is 12.8. The third-order valence-electron chi connectivity index (χ3n) is 13.4. The highest BCUT2D eigenvalue weighted by Crippen LogP contribution is 2.38. The summed E-state index contributed by atoms with van der Waals surface area (Å²) in [5.41, 5.74) is 0. The second-order valence-electron chi connectivity index (χ2n) is 21.4. The fraction of sp³-hybridized carbons (Fsp3) is 0.965. The van der Waals surface area contributed by atoms with E-state index < -0.39 is 26.5 Å². The minimum atomic E-state index is -4.62. The van der Waals surface area contributed by atoms with E-state index in [4.69, 9.17) is 18.5 Å². The molecule has 0 N–H and O–H groups in total. The third-order valence-corrected chi connectivity index (χ3v) is 14.3. The summed E-state index contributed by atoms with van der Waals surface area (Å²) < 4.78 is 34.1. The van der Waals surface area contributed by atoms with Crippen LogP contribution in [0.15, 0.2) is 0 Å². The van der Waals surface area contributed by atoms with Gasteiger partial charge in [0.05, 0.1) is 27.7 Å². The second kappa shape index (κ2) is 50.0. The number of unbranched alkanes of at least 4 members (excludes halogenated alkanes) is 41. The predicted octanol–water partition coefficient (Wildman–Crippen LogP) is 17.2. The van der Waals surface area contributed by atoms with Crippen molar-refractivity contribution in [3.8, 4) is 0 Å². The number of ether oxygens (including phenoxy) is 2. The molecule has 0 heterocycles. The lowest BCUT2D eigenvalue weighted by Gasteiger charge is -2.28. The quantitative estimate of drug-likeness (QED) is 0.0256. The zero-order valence-corrected chi connectivity index (χ0v) is 46.3. The van der Waals surface area contributed by atoms with Crippen molar-refractivity contribution in [3.63, 3.8) is 0 Å². The first-order valence-electron chi connectivity index (χ1n) is 29.2. The van der Waals surface area contributed by atoms with E-state index in [2.05, 4.69) is 13.8 Å². The molecule has 0 aliphatic carbocycles. The largest absolute Gasteiger partial charge is 0.756 e. The van der Waals surface area contributed by atoms with E-state index >= 15 is 0 Å². The van der Waals surface area contributed by atoms with E-state index in [1.54, 1.807) is 0 Å². The Bertz CT molecular complexity index is 1100. The standard InChI is InChI=1S/C57H114NO8P/c1-6-8-10-12-14-16-18-20-21-22-23-24-25-26-27-28-29-30-31-32-33-34-35-36-37-38-40-42-44-46-48-50-57(60)66-55(54-65-67(61,62)64-52-51-58(3,4)5)53-63-56(59)49-47-45-43-41-39-19-17-15-13-11-9-7-2/h55H,6-54H2,1-5H3. The third kappa shape index (κ3) is 54.2. The summed E-state index contributed by atoms with van der Waals surface area (Å²) in [6.45, 7) is 4.29. The van der Waals surface area contributed by atoms with Crippen molar-refractivity contribution in [3.05, 3.63) is 0 Å². The summed E-state index contributed by atoms with van der Waals surface area (Å²) in [4.78, 5) is 37.7. The van der Waals surface area contributed by atoms with Crippen molar-refractivity contribution >= 4 is 19.8 Å². The molecule has 400 valence electrons. The van der Waals surface area contributed by atoms with Crippen LogP contribution in [-0.4, -0.2) is 70.0 Å². The van der Waals surface area contributed by atoms with Gasteiger partial charge in [0.25, 0.3) is 7.82 Å². The van der Waals surface area contributed by atoms with Crippen molar-refractivity contribution in [1.82, 2.24) is 0 Å². The van der Waals surface area contributed by atoms with Crippen LogP contribution in [0.2, 0.25) is 0 Å². The minimum absolute atomic E-state index is 0.0253. The van der Waals surface area contributed by atoms with E-state index in [-0.39, 0.29) is 32.0 Å². The fourth-order valence-electron chi connectivity index (χ4n) is 8.84. The molecule has 0 saturated carbocycles. The zero-order chi connectivity index (χ0) is 49.2. The highest BCUT2D eigenvalue weighted by atomic mass is 31.2. The Labute approximate surface area is 416 Å². The van der Waals surface area contributed by atoms with Crippen LogP contribution in [0.4, 0.5) is 0 Å². The van der Waals surface area contributed by atoms with Gasteiger partial charge in [-0.15, -0.1) is 0 Å². The monoisotopic (exact) mass is 972 g/mol. The highest BCUT2D eigenvalue weighted by molar-refractivity contribution is 7.45. The van der Waals surface area contributed by atoms with E-state index in [9.17, 15) is 19.0 Å². The number of esters is 2. The first-order valence-corrected chi connectivity index (χ1v) is 30.7. The van der Waals surface area contributed by atoms with Crippen LogP contribution in [0.1, 0.15) is 303 Å². The van der Waals surface area contributed by atoms with Crippen LogP contribution in [0, 0.1) is 0 Å². The predicted molar refractivity (Wildman–Crippen MR) is 282 cm³/mol. The van der Waals surface area contributed by atoms with Gasteiger partial charge in [-0.3, -0.25) is 14.2 Å². The van der Waals surface area contributed by atoms with Crippen molar-refractivity contribution in [1.29, 1.82) is 0 Å². The number of likely N-dealkylation sites (N-methyl/N-ethyl adjacent to an activating group) is 1. The van der Waals surface area contributed by atoms with E-state index in [1.807, 2.05) is 21.1 Å². The molecule has 0 aliphatic rings. The first-order chi connectivity index (χ1) is 32.5. The van der Waals surface area contributed by atoms with Crippen molar-refractivity contribution in [2.75, 3.05) is 47.5 Å². The lowest BCUT2D eigenvalue weighted by molar-refractivity contribution is -0.870. The van der Waals surface area contributed by atoms with Crippen LogP contribution in [-0.2, 0) is 32.7 Å². The maximum atomic E-state index is 12.8. The SMILES string of the molecule is CCCCCCCCCCCCCCCCCCCCCCCCCCCCCCCCCC(=O)OC(COC(=O)CCCCCCCCCCCCCC)COP(=O)([O-])OCC[N+](C)(C)C. The highest BCUT2D eigenvalue weighted by Gasteiger charge is 2.22. The summed E-state index contributed by atoms with van der Waals surface area (Å²) in [6.07, 6.45) is 56.0. The fourth-order valence-corrected chi connectivity index (χ4v) is 9.57. The lowest BCUT2D eigenvalue weighted by atomic mass is 10.0. The van der Waals surface area contributed by atoms with Gasteiger partial charge < -0.3 is 27.9 Å². The van der Waals surface area contributed by atoms with Gasteiger partial charge in [-0.1, -0.05) is 277 Å². The van der Waals surface area contributed by atoms with Gasteiger partial charge in [-0.2, -0.15) is 0 Å². The minimum Gasteiger partial charge on any atom is -0.756 e. The molecule has 0 aromatic heterocycles. The molecule has 0 saturated heterocycles. The molecule has 2 atom stereocenters. The van der Waals surface area contributed by atoms with Gasteiger partial charge in [-0.25, -0.2) is 0 Å². The Morgan fingerprint density at radius 2 is 0.672 bits per heavy atom. The summed E-state index contributed by atoms with van der Waals surface area (Å²) >= 11 is 0. The molecule has 67 heavy (non-hydrogen) atoms. The topological polar surface area (TPSA) is 111 Å². The van der Waals surface area contributed by atoms with Gasteiger partial charge in [-0.05, 0) is 12.8 Å². The maximum Gasteiger partial charge on any atom is 0.306 e. The van der Waals surface area contributed by atoms with Gasteiger partial charge in [0.2, 0.25) is 0 Å². The van der Waals surface area contributed by atoms with Crippen molar-refractivity contribution < 1.29 is 42.1 Å². The van der Waals surface area contributed by atoms with Crippen LogP contribution < -0.4 is 4.89 Å². The number of nitrogens with zero attached hydrogens (tertiary/aromatic N) is 1. The van der Waals surface area contributed by atoms with Crippen LogP contribution in [0.25, 0.3) is 0 Å². The Morgan fingerprint density at radius 1 is 0.403 bits per heavy atom. The van der Waals surface area contributed by atoms with E-state index in [0.29, 0.717) is 17.4 Å². The number of phosphoric ester groups is 1. The normalized spacial score (nSPS) is 13.2. The van der Waals surface area contributed by atoms with Gasteiger partial charge in [0.1, 0.15) is 19.8 Å². The summed E-state index contributed by atoms with van der Waals surface area (Å²) in [5.74, 6) is -0.813. The molecule has 0 bridgehead atoms. The number of hydrogen-bond donors (Lipinski definition) is 0. The number of phosphoric acid groups is 1.